The van der Waals surface area contributed by atoms with E-state index in [0.29, 0.717) is 17.2 Å². The van der Waals surface area contributed by atoms with Gasteiger partial charge in [-0.25, -0.2) is 0 Å². The molecule has 0 saturated carbocycles. The van der Waals surface area contributed by atoms with Crippen molar-refractivity contribution in [3.8, 4) is 17.2 Å². The first-order valence-electron chi connectivity index (χ1n) is 6.39. The number of pyridine rings is 1. The number of H-pyrrole nitrogens is 1. The molecule has 0 fully saturated rings. The van der Waals surface area contributed by atoms with E-state index in [2.05, 4.69) is 10.3 Å². The fraction of sp³-hybridized carbons (Fsp3) is 0.200. The molecule has 0 unspecified atom stereocenters. The molecule has 1 amide bonds. The van der Waals surface area contributed by atoms with E-state index in [-0.39, 0.29) is 16.9 Å². The van der Waals surface area contributed by atoms with E-state index in [0.717, 1.165) is 0 Å². The van der Waals surface area contributed by atoms with E-state index in [1.165, 1.54) is 33.6 Å². The highest BCUT2D eigenvalue weighted by Crippen LogP contribution is 2.29. The highest BCUT2D eigenvalue weighted by Gasteiger charge is 2.13. The molecule has 2 N–H and O–H groups in total. The van der Waals surface area contributed by atoms with Gasteiger partial charge >= 0.3 is 0 Å². The van der Waals surface area contributed by atoms with Crippen molar-refractivity contribution in [3.63, 3.8) is 0 Å². The predicted octanol–water partition coefficient (Wildman–Crippen LogP) is 1.65. The fourth-order valence-electron chi connectivity index (χ4n) is 1.85. The van der Waals surface area contributed by atoms with E-state index in [9.17, 15) is 9.59 Å². The van der Waals surface area contributed by atoms with Crippen LogP contribution >= 0.6 is 0 Å². The van der Waals surface area contributed by atoms with Crippen LogP contribution in [0.1, 0.15) is 10.5 Å². The molecule has 116 valence electrons. The summed E-state index contributed by atoms with van der Waals surface area (Å²) >= 11 is 0. The second kappa shape index (κ2) is 6.66. The van der Waals surface area contributed by atoms with Crippen LogP contribution < -0.4 is 25.0 Å². The van der Waals surface area contributed by atoms with Gasteiger partial charge in [0, 0.05) is 18.3 Å². The molecule has 1 aromatic heterocycles. The molecule has 1 heterocycles. The minimum Gasteiger partial charge on any atom is -0.497 e. The zero-order valence-electron chi connectivity index (χ0n) is 12.4. The summed E-state index contributed by atoms with van der Waals surface area (Å²) < 4.78 is 15.1. The molecule has 2 aromatic rings. The molecule has 0 aliphatic rings. The molecule has 7 heteroatoms. The van der Waals surface area contributed by atoms with Crippen LogP contribution in [0.2, 0.25) is 0 Å². The topological polar surface area (TPSA) is 89.7 Å². The fourth-order valence-corrected chi connectivity index (χ4v) is 1.85. The number of hydrogen-bond donors (Lipinski definition) is 2. The Balaban J connectivity index is 2.28. The molecule has 0 spiro atoms. The monoisotopic (exact) mass is 304 g/mol. The number of anilines is 1. The van der Waals surface area contributed by atoms with Gasteiger partial charge in [0.2, 0.25) is 5.43 Å². The lowest BCUT2D eigenvalue weighted by molar-refractivity contribution is 0.102. The van der Waals surface area contributed by atoms with Crippen LogP contribution in [0, 0.1) is 0 Å². The molecule has 0 atom stereocenters. The number of hydrogen-bond acceptors (Lipinski definition) is 5. The molecule has 0 aliphatic heterocycles. The summed E-state index contributed by atoms with van der Waals surface area (Å²) in [6.07, 6.45) is 1.33. The number of rotatable bonds is 5. The lowest BCUT2D eigenvalue weighted by atomic mass is 10.2. The van der Waals surface area contributed by atoms with Gasteiger partial charge in [0.25, 0.3) is 5.91 Å². The van der Waals surface area contributed by atoms with E-state index in [1.54, 1.807) is 18.2 Å². The number of aromatic nitrogens is 1. The lowest BCUT2D eigenvalue weighted by Crippen LogP contribution is -2.17. The summed E-state index contributed by atoms with van der Waals surface area (Å²) in [6.45, 7) is 0. The van der Waals surface area contributed by atoms with Crippen LogP contribution in [0.15, 0.2) is 35.3 Å². The molecule has 0 aliphatic carbocycles. The zero-order valence-corrected chi connectivity index (χ0v) is 12.4. The zero-order chi connectivity index (χ0) is 16.1. The Morgan fingerprint density at radius 1 is 1.05 bits per heavy atom. The Labute approximate surface area is 126 Å². The van der Waals surface area contributed by atoms with Crippen LogP contribution in [0.25, 0.3) is 0 Å². The number of carbonyl (C=O) groups is 1. The highest BCUT2D eigenvalue weighted by atomic mass is 16.5. The van der Waals surface area contributed by atoms with Crippen molar-refractivity contribution in [2.45, 2.75) is 0 Å². The van der Waals surface area contributed by atoms with Crippen molar-refractivity contribution in [3.05, 3.63) is 46.4 Å². The van der Waals surface area contributed by atoms with Gasteiger partial charge in [-0.2, -0.15) is 0 Å². The van der Waals surface area contributed by atoms with Crippen LogP contribution in [0.3, 0.4) is 0 Å². The van der Waals surface area contributed by atoms with Gasteiger partial charge in [-0.3, -0.25) is 9.59 Å². The number of benzene rings is 1. The molecule has 0 bridgehead atoms. The van der Waals surface area contributed by atoms with Crippen LogP contribution in [-0.2, 0) is 0 Å². The summed E-state index contributed by atoms with van der Waals surface area (Å²) in [4.78, 5) is 26.6. The molecule has 22 heavy (non-hydrogen) atoms. The summed E-state index contributed by atoms with van der Waals surface area (Å²) in [5, 5.41) is 2.66. The van der Waals surface area contributed by atoms with E-state index >= 15 is 0 Å². The number of methoxy groups -OCH3 is 3. The maximum absolute atomic E-state index is 12.2. The van der Waals surface area contributed by atoms with Crippen molar-refractivity contribution in [1.29, 1.82) is 0 Å². The van der Waals surface area contributed by atoms with Crippen LogP contribution in [0.5, 0.6) is 17.2 Å². The third-order valence-electron chi connectivity index (χ3n) is 3.00. The second-order valence-electron chi connectivity index (χ2n) is 4.30. The third-order valence-corrected chi connectivity index (χ3v) is 3.00. The van der Waals surface area contributed by atoms with Gasteiger partial charge in [0.15, 0.2) is 5.75 Å². The average Bonchev–Trinajstić information content (AvgIpc) is 2.54. The van der Waals surface area contributed by atoms with Gasteiger partial charge in [0.05, 0.1) is 27.0 Å². The summed E-state index contributed by atoms with van der Waals surface area (Å²) in [5.74, 6) is 0.700. The molecule has 7 nitrogen and oxygen atoms in total. The number of ether oxygens (including phenoxy) is 3. The van der Waals surface area contributed by atoms with Gasteiger partial charge in [-0.1, -0.05) is 0 Å². The smallest absolute Gasteiger partial charge is 0.272 e. The Hall–Kier alpha value is -2.96. The van der Waals surface area contributed by atoms with Crippen molar-refractivity contribution < 1.29 is 19.0 Å². The van der Waals surface area contributed by atoms with Crippen molar-refractivity contribution >= 4 is 11.6 Å². The Kier molecular flexibility index (Phi) is 4.67. The average molecular weight is 304 g/mol. The van der Waals surface area contributed by atoms with Crippen molar-refractivity contribution in [2.24, 2.45) is 0 Å². The summed E-state index contributed by atoms with van der Waals surface area (Å²) in [7, 11) is 4.40. The third kappa shape index (κ3) is 3.20. The van der Waals surface area contributed by atoms with Gasteiger partial charge in [-0.15, -0.1) is 0 Å². The second-order valence-corrected chi connectivity index (χ2v) is 4.30. The molecule has 1 aromatic carbocycles. The van der Waals surface area contributed by atoms with Crippen LogP contribution in [0.4, 0.5) is 5.69 Å². The summed E-state index contributed by atoms with van der Waals surface area (Å²) in [6, 6.07) is 6.17. The first-order valence-corrected chi connectivity index (χ1v) is 6.39. The predicted molar refractivity (Wildman–Crippen MR) is 81.1 cm³/mol. The molecule has 0 saturated heterocycles. The lowest BCUT2D eigenvalue weighted by Gasteiger charge is -2.11. The first-order chi connectivity index (χ1) is 10.6. The standard InChI is InChI=1S/C15H16N2O5/c1-20-9-4-5-13(21-2)10(6-9)17-15(19)11-7-12(18)14(22-3)8-16-11/h4-8H,1-3H3,(H,16,18)(H,17,19). The van der Waals surface area contributed by atoms with Gasteiger partial charge in [-0.05, 0) is 12.1 Å². The maximum Gasteiger partial charge on any atom is 0.272 e. The normalized spacial score (nSPS) is 9.95. The quantitative estimate of drug-likeness (QED) is 0.876. The number of nitrogens with one attached hydrogen (secondary N) is 2. The van der Waals surface area contributed by atoms with Crippen LogP contribution in [-0.4, -0.2) is 32.2 Å². The number of amides is 1. The SMILES string of the molecule is COc1ccc(OC)c(NC(=O)c2cc(=O)c(OC)c[nH]2)c1. The molecule has 2 rings (SSSR count). The van der Waals surface area contributed by atoms with E-state index < -0.39 is 5.91 Å². The molecular formula is C15H16N2O5. The Morgan fingerprint density at radius 2 is 1.77 bits per heavy atom. The summed E-state index contributed by atoms with van der Waals surface area (Å²) in [5.41, 5.74) is 0.156. The van der Waals surface area contributed by atoms with Crippen molar-refractivity contribution in [2.75, 3.05) is 26.6 Å². The Bertz CT molecular complexity index is 739. The van der Waals surface area contributed by atoms with E-state index in [4.69, 9.17) is 14.2 Å². The van der Waals surface area contributed by atoms with Gasteiger partial charge in [0.1, 0.15) is 17.2 Å². The van der Waals surface area contributed by atoms with Gasteiger partial charge < -0.3 is 24.5 Å². The molecule has 0 radical (unpaired) electrons. The molecular weight excluding hydrogens is 288 g/mol. The number of aromatic amines is 1. The van der Waals surface area contributed by atoms with Crippen molar-refractivity contribution in [1.82, 2.24) is 4.98 Å². The maximum atomic E-state index is 12.2. The van der Waals surface area contributed by atoms with E-state index in [1.807, 2.05) is 0 Å². The number of carbonyl (C=O) groups excluding carboxylic acids is 1. The minimum atomic E-state index is -0.480. The minimum absolute atomic E-state index is 0.107. The Morgan fingerprint density at radius 3 is 2.36 bits per heavy atom. The first kappa shape index (κ1) is 15.4. The highest BCUT2D eigenvalue weighted by molar-refractivity contribution is 6.03. The largest absolute Gasteiger partial charge is 0.497 e.